The summed E-state index contributed by atoms with van der Waals surface area (Å²) in [5, 5.41) is 0. The largest absolute Gasteiger partial charge is 0.496 e. The van der Waals surface area contributed by atoms with Crippen molar-refractivity contribution in [1.29, 1.82) is 0 Å². The molecule has 112 valence electrons. The zero-order valence-electron chi connectivity index (χ0n) is 12.7. The lowest BCUT2D eigenvalue weighted by Gasteiger charge is -2.29. The zero-order chi connectivity index (χ0) is 15.1. The van der Waals surface area contributed by atoms with E-state index in [2.05, 4.69) is 6.92 Å². The van der Waals surface area contributed by atoms with Gasteiger partial charge in [-0.15, -0.1) is 0 Å². The molecule has 0 aromatic heterocycles. The summed E-state index contributed by atoms with van der Waals surface area (Å²) >= 11 is 0. The number of ether oxygens (including phenoxy) is 2. The fraction of sp³-hybridized carbons (Fsp3) is 0.533. The summed E-state index contributed by atoms with van der Waals surface area (Å²) in [5.74, 6) is 0.439. The van der Waals surface area contributed by atoms with Gasteiger partial charge in [0.25, 0.3) is 5.91 Å². The van der Waals surface area contributed by atoms with Gasteiger partial charge in [0.05, 0.1) is 19.3 Å². The van der Waals surface area contributed by atoms with Crippen LogP contribution in [0.3, 0.4) is 0 Å². The second kappa shape index (κ2) is 7.75. The van der Waals surface area contributed by atoms with Crippen molar-refractivity contribution < 1.29 is 14.3 Å². The number of benzene rings is 1. The average molecular weight is 280 g/mol. The van der Waals surface area contributed by atoms with Gasteiger partial charge in [-0.1, -0.05) is 6.92 Å². The van der Waals surface area contributed by atoms with E-state index in [1.807, 2.05) is 6.92 Å². The molecule has 5 nitrogen and oxygen atoms in total. The van der Waals surface area contributed by atoms with Crippen LogP contribution in [0, 0.1) is 0 Å². The van der Waals surface area contributed by atoms with Gasteiger partial charge >= 0.3 is 0 Å². The summed E-state index contributed by atoms with van der Waals surface area (Å²) in [6.45, 7) is 5.14. The van der Waals surface area contributed by atoms with Crippen molar-refractivity contribution in [2.24, 2.45) is 0 Å². The molecule has 1 atom stereocenters. The zero-order valence-corrected chi connectivity index (χ0v) is 12.7. The van der Waals surface area contributed by atoms with Gasteiger partial charge in [0.2, 0.25) is 0 Å². The Morgan fingerprint density at radius 1 is 1.40 bits per heavy atom. The van der Waals surface area contributed by atoms with E-state index in [1.54, 1.807) is 30.2 Å². The Morgan fingerprint density at radius 2 is 2.10 bits per heavy atom. The van der Waals surface area contributed by atoms with Gasteiger partial charge in [-0.3, -0.25) is 4.79 Å². The summed E-state index contributed by atoms with van der Waals surface area (Å²) in [6.07, 6.45) is 0.882. The van der Waals surface area contributed by atoms with Gasteiger partial charge in [0, 0.05) is 31.5 Å². The minimum Gasteiger partial charge on any atom is -0.496 e. The molecule has 0 radical (unpaired) electrons. The summed E-state index contributed by atoms with van der Waals surface area (Å²) < 4.78 is 10.3. The number of rotatable bonds is 7. The van der Waals surface area contributed by atoms with E-state index in [0.29, 0.717) is 30.2 Å². The summed E-state index contributed by atoms with van der Waals surface area (Å²) in [5.41, 5.74) is 6.82. The Hall–Kier alpha value is -1.75. The SMILES string of the molecule is CCC(C)N(CCOC)C(=O)c1ccc(N)cc1OC. The first-order chi connectivity index (χ1) is 9.54. The molecule has 1 amide bonds. The van der Waals surface area contributed by atoms with Gasteiger partial charge in [0.15, 0.2) is 0 Å². The van der Waals surface area contributed by atoms with E-state index >= 15 is 0 Å². The maximum atomic E-state index is 12.7. The molecule has 20 heavy (non-hydrogen) atoms. The number of amides is 1. The highest BCUT2D eigenvalue weighted by Crippen LogP contribution is 2.24. The molecule has 0 heterocycles. The molecule has 0 bridgehead atoms. The molecular weight excluding hydrogens is 256 g/mol. The van der Waals surface area contributed by atoms with Gasteiger partial charge in [-0.05, 0) is 25.5 Å². The Bertz CT molecular complexity index is 449. The number of methoxy groups -OCH3 is 2. The van der Waals surface area contributed by atoms with Crippen LogP contribution in [-0.2, 0) is 4.74 Å². The van der Waals surface area contributed by atoms with Crippen LogP contribution >= 0.6 is 0 Å². The van der Waals surface area contributed by atoms with Gasteiger partial charge < -0.3 is 20.1 Å². The van der Waals surface area contributed by atoms with E-state index in [4.69, 9.17) is 15.2 Å². The molecule has 0 aliphatic carbocycles. The third-order valence-corrected chi connectivity index (χ3v) is 3.38. The van der Waals surface area contributed by atoms with Crippen LogP contribution in [0.1, 0.15) is 30.6 Å². The topological polar surface area (TPSA) is 64.8 Å². The van der Waals surface area contributed by atoms with Crippen molar-refractivity contribution in [3.8, 4) is 5.75 Å². The number of nitrogens with two attached hydrogens (primary N) is 1. The number of carbonyl (C=O) groups excluding carboxylic acids is 1. The monoisotopic (exact) mass is 280 g/mol. The summed E-state index contributed by atoms with van der Waals surface area (Å²) in [7, 11) is 3.16. The van der Waals surface area contributed by atoms with Crippen molar-refractivity contribution >= 4 is 11.6 Å². The number of carbonyl (C=O) groups is 1. The predicted molar refractivity (Wildman–Crippen MR) is 80.1 cm³/mol. The number of nitrogen functional groups attached to an aromatic ring is 1. The minimum atomic E-state index is -0.0618. The Balaban J connectivity index is 3.04. The van der Waals surface area contributed by atoms with Crippen molar-refractivity contribution in [2.75, 3.05) is 33.1 Å². The molecule has 1 unspecified atom stereocenters. The Morgan fingerprint density at radius 3 is 2.65 bits per heavy atom. The van der Waals surface area contributed by atoms with Crippen LogP contribution in [0.4, 0.5) is 5.69 Å². The third kappa shape index (κ3) is 3.87. The van der Waals surface area contributed by atoms with Crippen LogP contribution < -0.4 is 10.5 Å². The highest BCUT2D eigenvalue weighted by molar-refractivity contribution is 5.97. The van der Waals surface area contributed by atoms with E-state index < -0.39 is 0 Å². The molecule has 1 aromatic rings. The van der Waals surface area contributed by atoms with E-state index in [-0.39, 0.29) is 11.9 Å². The molecule has 0 aliphatic rings. The Labute approximate surface area is 120 Å². The van der Waals surface area contributed by atoms with Crippen molar-refractivity contribution in [1.82, 2.24) is 4.90 Å². The molecular formula is C15H24N2O3. The average Bonchev–Trinajstić information content (AvgIpc) is 2.46. The van der Waals surface area contributed by atoms with Gasteiger partial charge in [-0.2, -0.15) is 0 Å². The molecule has 0 saturated heterocycles. The number of anilines is 1. The lowest BCUT2D eigenvalue weighted by atomic mass is 10.1. The second-order valence-electron chi connectivity index (χ2n) is 4.71. The van der Waals surface area contributed by atoms with E-state index in [9.17, 15) is 4.79 Å². The van der Waals surface area contributed by atoms with Crippen LogP contribution in [0.2, 0.25) is 0 Å². The standard InChI is InChI=1S/C15H24N2O3/c1-5-11(2)17(8-9-19-3)15(18)13-7-6-12(16)10-14(13)20-4/h6-7,10-11H,5,8-9,16H2,1-4H3. The maximum absolute atomic E-state index is 12.7. The van der Waals surface area contributed by atoms with Crippen LogP contribution in [-0.4, -0.2) is 44.2 Å². The maximum Gasteiger partial charge on any atom is 0.257 e. The molecule has 0 aliphatic heterocycles. The predicted octanol–water partition coefficient (Wildman–Crippen LogP) is 2.16. The highest BCUT2D eigenvalue weighted by Gasteiger charge is 2.23. The van der Waals surface area contributed by atoms with Crippen LogP contribution in [0.15, 0.2) is 18.2 Å². The molecule has 1 rings (SSSR count). The van der Waals surface area contributed by atoms with Crippen LogP contribution in [0.25, 0.3) is 0 Å². The second-order valence-corrected chi connectivity index (χ2v) is 4.71. The van der Waals surface area contributed by atoms with Crippen molar-refractivity contribution in [2.45, 2.75) is 26.3 Å². The van der Waals surface area contributed by atoms with E-state index in [0.717, 1.165) is 6.42 Å². The first kappa shape index (κ1) is 16.3. The van der Waals surface area contributed by atoms with Crippen LogP contribution in [0.5, 0.6) is 5.75 Å². The molecule has 1 aromatic carbocycles. The fourth-order valence-corrected chi connectivity index (χ4v) is 1.97. The van der Waals surface area contributed by atoms with E-state index in [1.165, 1.54) is 7.11 Å². The van der Waals surface area contributed by atoms with Crippen molar-refractivity contribution in [3.05, 3.63) is 23.8 Å². The van der Waals surface area contributed by atoms with Crippen molar-refractivity contribution in [3.63, 3.8) is 0 Å². The lowest BCUT2D eigenvalue weighted by Crippen LogP contribution is -2.40. The highest BCUT2D eigenvalue weighted by atomic mass is 16.5. The minimum absolute atomic E-state index is 0.0618. The first-order valence-electron chi connectivity index (χ1n) is 6.78. The van der Waals surface area contributed by atoms with Gasteiger partial charge in [-0.25, -0.2) is 0 Å². The summed E-state index contributed by atoms with van der Waals surface area (Å²) in [4.78, 5) is 14.5. The number of nitrogens with zero attached hydrogens (tertiary/aromatic N) is 1. The number of hydrogen-bond acceptors (Lipinski definition) is 4. The molecule has 0 fully saturated rings. The molecule has 2 N–H and O–H groups in total. The number of hydrogen-bond donors (Lipinski definition) is 1. The molecule has 5 heteroatoms. The third-order valence-electron chi connectivity index (χ3n) is 3.38. The molecule has 0 saturated carbocycles. The quantitative estimate of drug-likeness (QED) is 0.777. The smallest absolute Gasteiger partial charge is 0.257 e. The fourth-order valence-electron chi connectivity index (χ4n) is 1.97. The Kier molecular flexibility index (Phi) is 6.31. The lowest BCUT2D eigenvalue weighted by molar-refractivity contribution is 0.0611. The summed E-state index contributed by atoms with van der Waals surface area (Å²) in [6, 6.07) is 5.22. The molecule has 0 spiro atoms. The first-order valence-corrected chi connectivity index (χ1v) is 6.78. The normalized spacial score (nSPS) is 12.0. The van der Waals surface area contributed by atoms with Gasteiger partial charge in [0.1, 0.15) is 5.75 Å².